The molecule has 3 N–H and O–H groups in total. The molecule has 3 amide bonds. The molecular weight excluding hydrogens is 467 g/mol. The number of carbonyl (C=O) groups excluding carboxylic acids is 2. The second kappa shape index (κ2) is 8.39. The molecule has 0 bridgehead atoms. The monoisotopic (exact) mass is 491 g/mol. The molecule has 0 radical (unpaired) electrons. The van der Waals surface area contributed by atoms with Crippen LogP contribution in [0.2, 0.25) is 0 Å². The molecule has 1 saturated carbocycles. The lowest BCUT2D eigenvalue weighted by Gasteiger charge is -2.24. The molecule has 0 aromatic carbocycles. The van der Waals surface area contributed by atoms with Crippen LogP contribution in [0.5, 0.6) is 0 Å². The van der Waals surface area contributed by atoms with Crippen LogP contribution in [0.25, 0.3) is 10.2 Å². The average molecular weight is 491 g/mol. The summed E-state index contributed by atoms with van der Waals surface area (Å²) in [5, 5.41) is 0.685. The molecule has 1 aliphatic carbocycles. The van der Waals surface area contributed by atoms with Crippen molar-refractivity contribution in [3.63, 3.8) is 0 Å². The second-order valence-electron chi connectivity index (χ2n) is 8.76. The van der Waals surface area contributed by atoms with E-state index in [0.717, 1.165) is 20.9 Å². The van der Waals surface area contributed by atoms with Gasteiger partial charge in [0, 0.05) is 10.9 Å². The minimum Gasteiger partial charge on any atom is -0.443 e. The minimum atomic E-state index is -4.70. The number of nitrogens with zero attached hydrogens (tertiary/aromatic N) is 3. The zero-order chi connectivity index (χ0) is 24.9. The number of amides is 3. The number of alkyl halides is 3. The number of carbonyl (C=O) groups is 2. The van der Waals surface area contributed by atoms with Gasteiger partial charge in [0.25, 0.3) is 5.56 Å². The zero-order valence-corrected chi connectivity index (χ0v) is 19.2. The van der Waals surface area contributed by atoms with E-state index in [1.165, 1.54) is 6.92 Å². The van der Waals surface area contributed by atoms with E-state index in [2.05, 4.69) is 5.43 Å². The summed E-state index contributed by atoms with van der Waals surface area (Å²) < 4.78 is 46.2. The number of halogens is 3. The molecule has 0 spiro atoms. The molecule has 2 aromatic heterocycles. The van der Waals surface area contributed by atoms with Crippen LogP contribution in [0.15, 0.2) is 9.59 Å². The Morgan fingerprint density at radius 2 is 1.85 bits per heavy atom. The Hall–Kier alpha value is -3.03. The lowest BCUT2D eigenvalue weighted by Crippen LogP contribution is -2.49. The lowest BCUT2D eigenvalue weighted by atomic mass is 10.2. The standard InChI is InChI=1S/C19H24F3N5O5S/c1-9-11(7-26(15(23)29)24-16(30)32-18(2,3)4)33-14-12(9)13(28)27(10-5-6-10)17(31)25(14)8-19(20,21)22/h10H,5-8H2,1-4H3,(H2,23,29)(H,24,30). The fourth-order valence-electron chi connectivity index (χ4n) is 3.26. The molecule has 10 nitrogen and oxygen atoms in total. The SMILES string of the molecule is Cc1c(CN(NC(=O)OC(C)(C)C)C(N)=O)sc2c1c(=O)n(C1CC1)c(=O)n2CC(F)(F)F. The summed E-state index contributed by atoms with van der Waals surface area (Å²) in [5.41, 5.74) is 5.24. The van der Waals surface area contributed by atoms with Crippen molar-refractivity contribution in [3.05, 3.63) is 31.3 Å². The van der Waals surface area contributed by atoms with Crippen LogP contribution in [-0.2, 0) is 17.8 Å². The van der Waals surface area contributed by atoms with Gasteiger partial charge in [-0.3, -0.25) is 13.9 Å². The van der Waals surface area contributed by atoms with Crippen molar-refractivity contribution in [1.29, 1.82) is 0 Å². The molecule has 3 rings (SSSR count). The first-order valence-electron chi connectivity index (χ1n) is 9.99. The van der Waals surface area contributed by atoms with Gasteiger partial charge in [-0.25, -0.2) is 24.8 Å². The van der Waals surface area contributed by atoms with Crippen LogP contribution in [0.4, 0.5) is 22.8 Å². The van der Waals surface area contributed by atoms with E-state index in [1.807, 2.05) is 0 Å². The maximum atomic E-state index is 13.2. The predicted octanol–water partition coefficient (Wildman–Crippen LogP) is 2.75. The van der Waals surface area contributed by atoms with Crippen LogP contribution < -0.4 is 22.4 Å². The highest BCUT2D eigenvalue weighted by Crippen LogP contribution is 2.35. The third-order valence-electron chi connectivity index (χ3n) is 4.78. The highest BCUT2D eigenvalue weighted by atomic mass is 32.1. The van der Waals surface area contributed by atoms with E-state index < -0.39 is 47.7 Å². The van der Waals surface area contributed by atoms with Crippen molar-refractivity contribution < 1.29 is 27.5 Å². The van der Waals surface area contributed by atoms with Gasteiger partial charge in [-0.15, -0.1) is 11.3 Å². The Morgan fingerprint density at radius 1 is 1.24 bits per heavy atom. The molecule has 0 saturated heterocycles. The normalized spacial score (nSPS) is 14.4. The van der Waals surface area contributed by atoms with E-state index >= 15 is 0 Å². The fraction of sp³-hybridized carbons (Fsp3) is 0.579. The molecular formula is C19H24F3N5O5S. The Kier molecular flexibility index (Phi) is 6.26. The average Bonchev–Trinajstić information content (AvgIpc) is 3.40. The van der Waals surface area contributed by atoms with Gasteiger partial charge in [0.1, 0.15) is 17.0 Å². The van der Waals surface area contributed by atoms with Crippen molar-refractivity contribution in [2.24, 2.45) is 5.73 Å². The van der Waals surface area contributed by atoms with Gasteiger partial charge >= 0.3 is 24.0 Å². The molecule has 0 atom stereocenters. The van der Waals surface area contributed by atoms with Crippen molar-refractivity contribution >= 4 is 33.7 Å². The van der Waals surface area contributed by atoms with Gasteiger partial charge in [-0.1, -0.05) is 0 Å². The number of nitrogens with two attached hydrogens (primary N) is 1. The number of nitrogens with one attached hydrogen (secondary N) is 1. The van der Waals surface area contributed by atoms with E-state index in [9.17, 15) is 32.3 Å². The molecule has 0 aliphatic heterocycles. The highest BCUT2D eigenvalue weighted by molar-refractivity contribution is 7.18. The van der Waals surface area contributed by atoms with E-state index in [0.29, 0.717) is 23.0 Å². The largest absolute Gasteiger partial charge is 0.443 e. The van der Waals surface area contributed by atoms with Crippen molar-refractivity contribution in [1.82, 2.24) is 19.6 Å². The molecule has 2 aromatic rings. The number of ether oxygens (including phenoxy) is 1. The van der Waals surface area contributed by atoms with Gasteiger partial charge in [0.2, 0.25) is 0 Å². The summed E-state index contributed by atoms with van der Waals surface area (Å²) in [6.45, 7) is 4.43. The Balaban J connectivity index is 2.08. The molecule has 1 fully saturated rings. The van der Waals surface area contributed by atoms with Crippen LogP contribution >= 0.6 is 11.3 Å². The molecule has 0 unspecified atom stereocenters. The number of hydrazine groups is 1. The number of urea groups is 1. The number of primary amides is 1. The number of rotatable bonds is 4. The molecule has 33 heavy (non-hydrogen) atoms. The third-order valence-corrected chi connectivity index (χ3v) is 6.08. The smallest absolute Gasteiger partial charge is 0.426 e. The minimum absolute atomic E-state index is 0.0348. The maximum absolute atomic E-state index is 13.2. The first-order valence-corrected chi connectivity index (χ1v) is 10.8. The van der Waals surface area contributed by atoms with E-state index in [-0.39, 0.29) is 21.6 Å². The van der Waals surface area contributed by atoms with E-state index in [1.54, 1.807) is 20.8 Å². The molecule has 182 valence electrons. The van der Waals surface area contributed by atoms with Gasteiger partial charge in [-0.05, 0) is 46.1 Å². The van der Waals surface area contributed by atoms with Gasteiger partial charge < -0.3 is 10.5 Å². The number of hydrogen-bond acceptors (Lipinski definition) is 6. The van der Waals surface area contributed by atoms with Crippen molar-refractivity contribution in [3.8, 4) is 0 Å². The predicted molar refractivity (Wildman–Crippen MR) is 114 cm³/mol. The third kappa shape index (κ3) is 5.49. The van der Waals surface area contributed by atoms with Crippen LogP contribution in [0, 0.1) is 6.92 Å². The van der Waals surface area contributed by atoms with Crippen molar-refractivity contribution in [2.45, 2.75) is 71.4 Å². The fourth-order valence-corrected chi connectivity index (χ4v) is 4.54. The Bertz CT molecular complexity index is 1220. The van der Waals surface area contributed by atoms with Crippen LogP contribution in [0.1, 0.15) is 50.1 Å². The van der Waals surface area contributed by atoms with Gasteiger partial charge in [-0.2, -0.15) is 13.2 Å². The number of fused-ring (bicyclic) bond motifs is 1. The second-order valence-corrected chi connectivity index (χ2v) is 9.84. The lowest BCUT2D eigenvalue weighted by molar-refractivity contribution is -0.140. The highest BCUT2D eigenvalue weighted by Gasteiger charge is 2.35. The summed E-state index contributed by atoms with van der Waals surface area (Å²) in [6.07, 6.45) is -4.61. The number of aryl methyl sites for hydroxylation is 1. The van der Waals surface area contributed by atoms with Gasteiger partial charge in [0.05, 0.1) is 11.9 Å². The zero-order valence-electron chi connectivity index (χ0n) is 18.4. The van der Waals surface area contributed by atoms with E-state index in [4.69, 9.17) is 10.5 Å². The molecule has 14 heteroatoms. The first kappa shape index (κ1) is 24.6. The molecule has 2 heterocycles. The summed E-state index contributed by atoms with van der Waals surface area (Å²) in [4.78, 5) is 49.8. The van der Waals surface area contributed by atoms with Crippen molar-refractivity contribution in [2.75, 3.05) is 0 Å². The van der Waals surface area contributed by atoms with Crippen LogP contribution in [0.3, 0.4) is 0 Å². The summed E-state index contributed by atoms with van der Waals surface area (Å²) in [6, 6.07) is -1.49. The number of hydrogen-bond donors (Lipinski definition) is 2. The van der Waals surface area contributed by atoms with Gasteiger partial charge in [0.15, 0.2) is 0 Å². The molecule has 1 aliphatic rings. The first-order chi connectivity index (χ1) is 15.1. The summed E-state index contributed by atoms with van der Waals surface area (Å²) in [5.74, 6) is 0. The maximum Gasteiger partial charge on any atom is 0.426 e. The number of aromatic nitrogens is 2. The number of thiophene rings is 1. The van der Waals surface area contributed by atoms with Crippen LogP contribution in [-0.4, -0.2) is 38.0 Å². The summed E-state index contributed by atoms with van der Waals surface area (Å²) in [7, 11) is 0. The quantitative estimate of drug-likeness (QED) is 0.636. The Morgan fingerprint density at radius 3 is 2.33 bits per heavy atom. The Labute approximate surface area is 189 Å². The summed E-state index contributed by atoms with van der Waals surface area (Å²) >= 11 is 0.754. The topological polar surface area (TPSA) is 129 Å².